The predicted molar refractivity (Wildman–Crippen MR) is 117 cm³/mol. The highest BCUT2D eigenvalue weighted by molar-refractivity contribution is 7.17. The minimum absolute atomic E-state index is 0.263. The summed E-state index contributed by atoms with van der Waals surface area (Å²) in [4.78, 5) is 38.2. The Morgan fingerprint density at radius 1 is 1.17 bits per heavy atom. The number of aryl methyl sites for hydroxylation is 1. The molecule has 30 heavy (non-hydrogen) atoms. The van der Waals surface area contributed by atoms with Gasteiger partial charge >= 0.3 is 5.97 Å². The molecule has 9 heteroatoms. The maximum atomic E-state index is 12.9. The van der Waals surface area contributed by atoms with E-state index in [0.717, 1.165) is 36.1 Å². The molecule has 0 aliphatic heterocycles. The molecule has 1 heterocycles. The van der Waals surface area contributed by atoms with Gasteiger partial charge in [-0.2, -0.15) is 0 Å². The van der Waals surface area contributed by atoms with Gasteiger partial charge in [0.05, 0.1) is 18.4 Å². The summed E-state index contributed by atoms with van der Waals surface area (Å²) in [5, 5.41) is 6.30. The minimum Gasteiger partial charge on any atom is -0.495 e. The number of halogens is 1. The summed E-state index contributed by atoms with van der Waals surface area (Å²) >= 11 is 7.39. The Hall–Kier alpha value is -2.58. The number of amides is 2. The van der Waals surface area contributed by atoms with Crippen LogP contribution in [-0.2, 0) is 27.2 Å². The number of methoxy groups -OCH3 is 1. The van der Waals surface area contributed by atoms with Gasteiger partial charge in [-0.05, 0) is 56.4 Å². The highest BCUT2D eigenvalue weighted by Gasteiger charge is 2.29. The van der Waals surface area contributed by atoms with Gasteiger partial charge < -0.3 is 20.1 Å². The first-order valence-corrected chi connectivity index (χ1v) is 10.8. The normalized spacial score (nSPS) is 13.7. The number of carbonyl (C=O) groups excluding carboxylic acids is 3. The summed E-state index contributed by atoms with van der Waals surface area (Å²) in [5.74, 6) is -0.972. The third-order valence-electron chi connectivity index (χ3n) is 4.74. The number of thiophene rings is 1. The topological polar surface area (TPSA) is 93.7 Å². The summed E-state index contributed by atoms with van der Waals surface area (Å²) in [7, 11) is 1.48. The van der Waals surface area contributed by atoms with E-state index in [-0.39, 0.29) is 5.91 Å². The summed E-state index contributed by atoms with van der Waals surface area (Å²) in [5.41, 5.74) is 1.64. The highest BCUT2D eigenvalue weighted by Crippen LogP contribution is 2.38. The maximum Gasteiger partial charge on any atom is 0.342 e. The molecule has 1 aromatic carbocycles. The Morgan fingerprint density at radius 2 is 1.90 bits per heavy atom. The van der Waals surface area contributed by atoms with Crippen LogP contribution in [0.25, 0.3) is 0 Å². The zero-order chi connectivity index (χ0) is 21.8. The monoisotopic (exact) mass is 450 g/mol. The van der Waals surface area contributed by atoms with Crippen LogP contribution in [-0.4, -0.2) is 31.0 Å². The molecule has 2 N–H and O–H groups in total. The van der Waals surface area contributed by atoms with Crippen molar-refractivity contribution in [2.24, 2.45) is 0 Å². The SMILES string of the molecule is COc1ccc(Cl)cc1NC(=O)C(C)OC(=O)c1c(NC(C)=O)sc2c1CCCC2. The first-order valence-electron chi connectivity index (χ1n) is 9.57. The summed E-state index contributed by atoms with van der Waals surface area (Å²) in [6, 6.07) is 4.83. The van der Waals surface area contributed by atoms with Crippen molar-refractivity contribution >= 4 is 51.4 Å². The third kappa shape index (κ3) is 4.94. The minimum atomic E-state index is -1.06. The van der Waals surface area contributed by atoms with E-state index in [2.05, 4.69) is 10.6 Å². The van der Waals surface area contributed by atoms with Crippen LogP contribution in [0, 0.1) is 0 Å². The van der Waals surface area contributed by atoms with Crippen molar-refractivity contribution in [1.82, 2.24) is 0 Å². The molecule has 2 amide bonds. The fourth-order valence-corrected chi connectivity index (χ4v) is 4.81. The van der Waals surface area contributed by atoms with Crippen LogP contribution in [0.2, 0.25) is 5.02 Å². The lowest BCUT2D eigenvalue weighted by Crippen LogP contribution is -2.30. The molecule has 0 saturated heterocycles. The molecule has 0 saturated carbocycles. The van der Waals surface area contributed by atoms with Gasteiger partial charge in [-0.3, -0.25) is 9.59 Å². The predicted octanol–water partition coefficient (Wildman–Crippen LogP) is 4.43. The van der Waals surface area contributed by atoms with Crippen LogP contribution in [0.4, 0.5) is 10.7 Å². The van der Waals surface area contributed by atoms with Gasteiger partial charge in [0.2, 0.25) is 5.91 Å². The van der Waals surface area contributed by atoms with Crippen LogP contribution in [0.5, 0.6) is 5.75 Å². The molecule has 0 spiro atoms. The van der Waals surface area contributed by atoms with Crippen molar-refractivity contribution < 1.29 is 23.9 Å². The van der Waals surface area contributed by atoms with Gasteiger partial charge in [0.1, 0.15) is 10.8 Å². The molecule has 160 valence electrons. The van der Waals surface area contributed by atoms with E-state index in [9.17, 15) is 14.4 Å². The van der Waals surface area contributed by atoms with Crippen LogP contribution in [0.3, 0.4) is 0 Å². The van der Waals surface area contributed by atoms with E-state index in [1.807, 2.05) is 0 Å². The van der Waals surface area contributed by atoms with E-state index in [4.69, 9.17) is 21.1 Å². The zero-order valence-electron chi connectivity index (χ0n) is 17.0. The van der Waals surface area contributed by atoms with Gasteiger partial charge in [0.25, 0.3) is 5.91 Å². The Morgan fingerprint density at radius 3 is 2.60 bits per heavy atom. The number of hydrogen-bond donors (Lipinski definition) is 2. The number of hydrogen-bond acceptors (Lipinski definition) is 6. The number of anilines is 2. The van der Waals surface area contributed by atoms with Gasteiger partial charge in [-0.15, -0.1) is 11.3 Å². The molecule has 1 aliphatic carbocycles. The molecule has 2 aromatic rings. The molecular weight excluding hydrogens is 428 g/mol. The molecule has 0 bridgehead atoms. The molecule has 1 atom stereocenters. The number of nitrogens with one attached hydrogen (secondary N) is 2. The number of esters is 1. The fourth-order valence-electron chi connectivity index (χ4n) is 3.32. The van der Waals surface area contributed by atoms with E-state index in [0.29, 0.717) is 27.0 Å². The summed E-state index contributed by atoms with van der Waals surface area (Å²) in [6.07, 6.45) is 2.56. The molecular formula is C21H23ClN2O5S. The van der Waals surface area contributed by atoms with E-state index in [1.165, 1.54) is 32.3 Å². The third-order valence-corrected chi connectivity index (χ3v) is 6.18. The average molecular weight is 451 g/mol. The van der Waals surface area contributed by atoms with Crippen molar-refractivity contribution in [2.45, 2.75) is 45.6 Å². The van der Waals surface area contributed by atoms with Crippen molar-refractivity contribution in [1.29, 1.82) is 0 Å². The molecule has 0 radical (unpaired) electrons. The van der Waals surface area contributed by atoms with Crippen molar-refractivity contribution in [3.8, 4) is 5.75 Å². The molecule has 1 aliphatic rings. The van der Waals surface area contributed by atoms with Gasteiger partial charge in [0, 0.05) is 16.8 Å². The molecule has 1 aromatic heterocycles. The number of benzene rings is 1. The Labute approximate surface area is 183 Å². The van der Waals surface area contributed by atoms with Crippen molar-refractivity contribution in [2.75, 3.05) is 17.7 Å². The van der Waals surface area contributed by atoms with E-state index in [1.54, 1.807) is 18.2 Å². The van der Waals surface area contributed by atoms with Crippen molar-refractivity contribution in [3.63, 3.8) is 0 Å². The Balaban J connectivity index is 1.77. The lowest BCUT2D eigenvalue weighted by molar-refractivity contribution is -0.123. The molecule has 3 rings (SSSR count). The van der Waals surface area contributed by atoms with Gasteiger partial charge in [0.15, 0.2) is 6.10 Å². The van der Waals surface area contributed by atoms with Crippen LogP contribution < -0.4 is 15.4 Å². The lowest BCUT2D eigenvalue weighted by atomic mass is 9.95. The number of fused-ring (bicyclic) bond motifs is 1. The summed E-state index contributed by atoms with van der Waals surface area (Å²) < 4.78 is 10.7. The Bertz CT molecular complexity index is 988. The Kier molecular flexibility index (Phi) is 6.99. The smallest absolute Gasteiger partial charge is 0.342 e. The van der Waals surface area contributed by atoms with E-state index < -0.39 is 18.0 Å². The fraction of sp³-hybridized carbons (Fsp3) is 0.381. The second-order valence-corrected chi connectivity index (χ2v) is 8.52. The molecule has 1 unspecified atom stereocenters. The second kappa shape index (κ2) is 9.49. The maximum absolute atomic E-state index is 12.9. The number of rotatable bonds is 6. The van der Waals surface area contributed by atoms with Gasteiger partial charge in [-0.1, -0.05) is 11.6 Å². The van der Waals surface area contributed by atoms with E-state index >= 15 is 0 Å². The standard InChI is InChI=1S/C21H23ClN2O5S/c1-11(19(26)24-15-10-13(22)8-9-16(15)28-3)29-21(27)18-14-6-4-5-7-17(14)30-20(18)23-12(2)25/h8-11H,4-7H2,1-3H3,(H,23,25)(H,24,26). The first-order chi connectivity index (χ1) is 14.3. The molecule has 7 nitrogen and oxygen atoms in total. The molecule has 0 fully saturated rings. The van der Waals surface area contributed by atoms with Crippen LogP contribution in [0.1, 0.15) is 47.5 Å². The van der Waals surface area contributed by atoms with Crippen LogP contribution in [0.15, 0.2) is 18.2 Å². The number of carbonyl (C=O) groups is 3. The quantitative estimate of drug-likeness (QED) is 0.635. The zero-order valence-corrected chi connectivity index (χ0v) is 18.5. The average Bonchev–Trinajstić information content (AvgIpc) is 3.05. The highest BCUT2D eigenvalue weighted by atomic mass is 35.5. The lowest BCUT2D eigenvalue weighted by Gasteiger charge is -2.17. The number of ether oxygens (including phenoxy) is 2. The largest absolute Gasteiger partial charge is 0.495 e. The second-order valence-electron chi connectivity index (χ2n) is 6.98. The first kappa shape index (κ1) is 22.1. The van der Waals surface area contributed by atoms with Gasteiger partial charge in [-0.25, -0.2) is 4.79 Å². The summed E-state index contributed by atoms with van der Waals surface area (Å²) in [6.45, 7) is 2.88. The van der Waals surface area contributed by atoms with Crippen molar-refractivity contribution in [3.05, 3.63) is 39.2 Å². The van der Waals surface area contributed by atoms with Crippen LogP contribution >= 0.6 is 22.9 Å².